The number of hydrogen-bond acceptors (Lipinski definition) is 3. The Morgan fingerprint density at radius 2 is 0.625 bits per heavy atom. The molecule has 48 heavy (non-hydrogen) atoms. The highest BCUT2D eigenvalue weighted by molar-refractivity contribution is 6.22. The zero-order valence-corrected chi connectivity index (χ0v) is 31.4. The third-order valence-corrected chi connectivity index (χ3v) is 10.3. The van der Waals surface area contributed by atoms with Crippen LogP contribution in [0.2, 0.25) is 0 Å². The highest BCUT2D eigenvalue weighted by atomic mass is 16.5. The summed E-state index contributed by atoms with van der Waals surface area (Å²) < 4.78 is 12.1. The molecule has 3 heteroatoms. The van der Waals surface area contributed by atoms with Crippen molar-refractivity contribution in [3.05, 3.63) is 47.5 Å². The first-order chi connectivity index (χ1) is 23.7. The van der Waals surface area contributed by atoms with E-state index in [0.29, 0.717) is 0 Å². The highest BCUT2D eigenvalue weighted by Gasteiger charge is 2.27. The van der Waals surface area contributed by atoms with Crippen LogP contribution >= 0.6 is 0 Å². The van der Waals surface area contributed by atoms with Gasteiger partial charge in [-0.05, 0) is 60.4 Å². The first-order valence-corrected chi connectivity index (χ1v) is 20.8. The molecule has 2 aromatic carbocycles. The van der Waals surface area contributed by atoms with Gasteiger partial charge in [0, 0.05) is 11.1 Å². The highest BCUT2D eigenvalue weighted by Crippen LogP contribution is 2.40. The summed E-state index contributed by atoms with van der Waals surface area (Å²) in [6, 6.07) is 12.0. The first kappa shape index (κ1) is 40.1. The van der Waals surface area contributed by atoms with Crippen molar-refractivity contribution in [2.75, 3.05) is 13.2 Å². The molecule has 0 saturated heterocycles. The van der Waals surface area contributed by atoms with Crippen molar-refractivity contribution in [1.82, 2.24) is 0 Å². The fourth-order valence-electron chi connectivity index (χ4n) is 7.19. The Hall–Kier alpha value is -2.29. The summed E-state index contributed by atoms with van der Waals surface area (Å²) in [4.78, 5) is 13.3. The van der Waals surface area contributed by atoms with Gasteiger partial charge in [0.2, 0.25) is 0 Å². The van der Waals surface area contributed by atoms with Crippen molar-refractivity contribution in [1.29, 1.82) is 0 Å². The maximum atomic E-state index is 13.3. The van der Waals surface area contributed by atoms with Crippen LogP contribution in [0.4, 0.5) is 0 Å². The van der Waals surface area contributed by atoms with E-state index in [2.05, 4.69) is 26.0 Å². The molecular weight excluding hydrogens is 588 g/mol. The number of ketones is 1. The maximum Gasteiger partial charge on any atom is 0.194 e. The first-order valence-electron chi connectivity index (χ1n) is 20.8. The molecule has 1 aliphatic carbocycles. The molecular formula is C45H72O3. The standard InChI is InChI=1S/C45H72O3/c1-3-5-7-9-11-13-15-17-19-21-23-25-27-29-35-47-39-31-33-41-42-34-32-40(38-44(42)45(46)43(41)37-39)48-36-30-28-26-24-22-20-18-16-14-12-10-8-6-4-2/h31-34,37-38H,3-30,35-36H2,1-2H3. The van der Waals surface area contributed by atoms with Crippen LogP contribution in [0.1, 0.15) is 210 Å². The number of rotatable bonds is 32. The molecule has 0 amide bonds. The van der Waals surface area contributed by atoms with Crippen molar-refractivity contribution >= 4 is 5.78 Å². The van der Waals surface area contributed by atoms with Crippen LogP contribution in [0.5, 0.6) is 11.5 Å². The van der Waals surface area contributed by atoms with Gasteiger partial charge in [-0.1, -0.05) is 181 Å². The molecule has 0 aromatic heterocycles. The molecule has 0 N–H and O–H groups in total. The lowest BCUT2D eigenvalue weighted by molar-refractivity contribution is 0.104. The Balaban J connectivity index is 1.20. The largest absolute Gasteiger partial charge is 0.494 e. The third kappa shape index (κ3) is 16.4. The van der Waals surface area contributed by atoms with Gasteiger partial charge < -0.3 is 9.47 Å². The van der Waals surface area contributed by atoms with Gasteiger partial charge in [-0.25, -0.2) is 0 Å². The van der Waals surface area contributed by atoms with E-state index in [1.54, 1.807) is 0 Å². The maximum absolute atomic E-state index is 13.3. The Morgan fingerprint density at radius 1 is 0.354 bits per heavy atom. The number of carbonyl (C=O) groups excluding carboxylic acids is 1. The summed E-state index contributed by atoms with van der Waals surface area (Å²) in [6.07, 6.45) is 38.0. The Bertz CT molecular complexity index is 1020. The summed E-state index contributed by atoms with van der Waals surface area (Å²) in [7, 11) is 0. The van der Waals surface area contributed by atoms with Crippen LogP contribution in [-0.2, 0) is 0 Å². The molecule has 0 bridgehead atoms. The number of unbranched alkanes of at least 4 members (excludes halogenated alkanes) is 26. The Kier molecular flexibility index (Phi) is 22.2. The Labute approximate surface area is 296 Å². The smallest absolute Gasteiger partial charge is 0.194 e. The van der Waals surface area contributed by atoms with Gasteiger partial charge in [0.15, 0.2) is 5.78 Å². The molecule has 1 aliphatic rings. The van der Waals surface area contributed by atoms with E-state index in [1.165, 1.54) is 167 Å². The summed E-state index contributed by atoms with van der Waals surface area (Å²) in [6.45, 7) is 6.01. The lowest BCUT2D eigenvalue weighted by Crippen LogP contribution is -2.01. The van der Waals surface area contributed by atoms with Crippen LogP contribution in [0, 0.1) is 0 Å². The topological polar surface area (TPSA) is 35.5 Å². The SMILES string of the molecule is CCCCCCCCCCCCCCCCOc1ccc2c(c1)C(=O)c1cc(OCCCCCCCCCCCCCCCC)ccc1-2. The predicted octanol–water partition coefficient (Wildman–Crippen LogP) is 14.6. The van der Waals surface area contributed by atoms with Crippen molar-refractivity contribution in [3.63, 3.8) is 0 Å². The van der Waals surface area contributed by atoms with E-state index in [4.69, 9.17) is 9.47 Å². The van der Waals surface area contributed by atoms with Crippen LogP contribution in [0.25, 0.3) is 11.1 Å². The molecule has 0 atom stereocenters. The molecule has 0 heterocycles. The minimum Gasteiger partial charge on any atom is -0.494 e. The van der Waals surface area contributed by atoms with Crippen LogP contribution in [0.15, 0.2) is 36.4 Å². The molecule has 3 rings (SSSR count). The lowest BCUT2D eigenvalue weighted by Gasteiger charge is -2.08. The fraction of sp³-hybridized carbons (Fsp3) is 0.711. The van der Waals surface area contributed by atoms with Gasteiger partial charge in [-0.15, -0.1) is 0 Å². The van der Waals surface area contributed by atoms with Gasteiger partial charge in [0.25, 0.3) is 0 Å². The van der Waals surface area contributed by atoms with Gasteiger partial charge >= 0.3 is 0 Å². The quantitative estimate of drug-likeness (QED) is 0.0625. The number of fused-ring (bicyclic) bond motifs is 3. The fourth-order valence-corrected chi connectivity index (χ4v) is 7.19. The van der Waals surface area contributed by atoms with Gasteiger partial charge in [0.05, 0.1) is 13.2 Å². The molecule has 0 radical (unpaired) electrons. The van der Waals surface area contributed by atoms with E-state index >= 15 is 0 Å². The number of carbonyl (C=O) groups is 1. The molecule has 0 unspecified atom stereocenters. The summed E-state index contributed by atoms with van der Waals surface area (Å²) in [5.41, 5.74) is 3.54. The van der Waals surface area contributed by atoms with Crippen LogP contribution in [-0.4, -0.2) is 19.0 Å². The molecule has 0 aliphatic heterocycles. The molecule has 0 fully saturated rings. The molecule has 270 valence electrons. The van der Waals surface area contributed by atoms with Gasteiger partial charge in [-0.3, -0.25) is 4.79 Å². The number of hydrogen-bond donors (Lipinski definition) is 0. The third-order valence-electron chi connectivity index (χ3n) is 10.3. The average Bonchev–Trinajstić information content (AvgIpc) is 3.38. The number of ether oxygens (including phenoxy) is 2. The molecule has 3 nitrogen and oxygen atoms in total. The lowest BCUT2D eigenvalue weighted by atomic mass is 10.0. The normalized spacial score (nSPS) is 12.0. The molecule has 2 aromatic rings. The van der Waals surface area contributed by atoms with Crippen molar-refractivity contribution in [3.8, 4) is 22.6 Å². The van der Waals surface area contributed by atoms with Crippen LogP contribution in [0.3, 0.4) is 0 Å². The van der Waals surface area contributed by atoms with Crippen molar-refractivity contribution in [2.24, 2.45) is 0 Å². The van der Waals surface area contributed by atoms with Crippen molar-refractivity contribution < 1.29 is 14.3 Å². The second kappa shape index (κ2) is 26.6. The summed E-state index contributed by atoms with van der Waals surface area (Å²) in [5.74, 6) is 1.70. The Morgan fingerprint density at radius 3 is 0.917 bits per heavy atom. The number of benzene rings is 2. The zero-order valence-electron chi connectivity index (χ0n) is 31.4. The van der Waals surface area contributed by atoms with Gasteiger partial charge in [0.1, 0.15) is 11.5 Å². The van der Waals surface area contributed by atoms with E-state index < -0.39 is 0 Å². The molecule has 0 saturated carbocycles. The summed E-state index contributed by atoms with van der Waals surface area (Å²) in [5, 5.41) is 0. The van der Waals surface area contributed by atoms with Crippen LogP contribution < -0.4 is 9.47 Å². The van der Waals surface area contributed by atoms with Gasteiger partial charge in [-0.2, -0.15) is 0 Å². The monoisotopic (exact) mass is 661 g/mol. The average molecular weight is 661 g/mol. The second-order valence-corrected chi connectivity index (χ2v) is 14.6. The molecule has 0 spiro atoms. The van der Waals surface area contributed by atoms with E-state index in [0.717, 1.165) is 59.8 Å². The zero-order chi connectivity index (χ0) is 33.9. The van der Waals surface area contributed by atoms with E-state index in [9.17, 15) is 4.79 Å². The van der Waals surface area contributed by atoms with E-state index in [-0.39, 0.29) is 5.78 Å². The van der Waals surface area contributed by atoms with E-state index in [1.807, 2.05) is 24.3 Å². The minimum atomic E-state index is 0.0869. The second-order valence-electron chi connectivity index (χ2n) is 14.6. The minimum absolute atomic E-state index is 0.0869. The predicted molar refractivity (Wildman–Crippen MR) is 207 cm³/mol. The van der Waals surface area contributed by atoms with Crippen molar-refractivity contribution in [2.45, 2.75) is 194 Å². The summed E-state index contributed by atoms with van der Waals surface area (Å²) >= 11 is 0.